The highest BCUT2D eigenvalue weighted by Crippen LogP contribution is 2.19. The molecule has 122 valence electrons. The van der Waals surface area contributed by atoms with E-state index in [0.717, 1.165) is 37.2 Å². The Balaban J connectivity index is 0.00000200. The molecule has 2 atom stereocenters. The average molecular weight is 337 g/mol. The maximum atomic E-state index is 12.5. The van der Waals surface area contributed by atoms with Crippen LogP contribution in [0.4, 0.5) is 0 Å². The number of rotatable bonds is 3. The van der Waals surface area contributed by atoms with Gasteiger partial charge in [-0.2, -0.15) is 5.10 Å². The number of aromatic nitrogens is 2. The second-order valence-electron chi connectivity index (χ2n) is 5.59. The van der Waals surface area contributed by atoms with Gasteiger partial charge in [-0.05, 0) is 46.1 Å². The van der Waals surface area contributed by atoms with Gasteiger partial charge in [0, 0.05) is 24.3 Å². The lowest BCUT2D eigenvalue weighted by atomic mass is 9.97. The molecule has 2 unspecified atom stereocenters. The van der Waals surface area contributed by atoms with E-state index in [9.17, 15) is 4.79 Å². The lowest BCUT2D eigenvalue weighted by molar-refractivity contribution is -0.136. The molecule has 1 aliphatic heterocycles. The van der Waals surface area contributed by atoms with E-state index in [4.69, 9.17) is 5.73 Å². The van der Waals surface area contributed by atoms with Crippen molar-refractivity contribution in [2.75, 3.05) is 6.54 Å². The fourth-order valence-corrected chi connectivity index (χ4v) is 2.87. The van der Waals surface area contributed by atoms with E-state index in [0.29, 0.717) is 6.54 Å². The molecule has 0 aromatic carbocycles. The number of hydrogen-bond donors (Lipinski definition) is 1. The number of hydrogen-bond acceptors (Lipinski definition) is 3. The summed E-state index contributed by atoms with van der Waals surface area (Å²) in [7, 11) is 0. The van der Waals surface area contributed by atoms with Gasteiger partial charge < -0.3 is 10.6 Å². The number of carbonyl (C=O) groups is 1. The molecule has 0 bridgehead atoms. The van der Waals surface area contributed by atoms with Crippen LogP contribution < -0.4 is 5.73 Å². The summed E-state index contributed by atoms with van der Waals surface area (Å²) in [6.45, 7) is 7.05. The highest BCUT2D eigenvalue weighted by Gasteiger charge is 2.29. The van der Waals surface area contributed by atoms with Gasteiger partial charge in [0.1, 0.15) is 6.54 Å². The van der Waals surface area contributed by atoms with E-state index >= 15 is 0 Å². The number of aryl methyl sites for hydroxylation is 2. The van der Waals surface area contributed by atoms with Crippen LogP contribution in [0.25, 0.3) is 0 Å². The summed E-state index contributed by atoms with van der Waals surface area (Å²) in [6.07, 6.45) is 3.25. The van der Waals surface area contributed by atoms with Crippen molar-refractivity contribution in [2.24, 2.45) is 5.73 Å². The van der Waals surface area contributed by atoms with Crippen molar-refractivity contribution in [1.82, 2.24) is 14.7 Å². The molecule has 1 saturated heterocycles. The Morgan fingerprint density at radius 1 is 1.43 bits per heavy atom. The number of amides is 1. The van der Waals surface area contributed by atoms with Crippen molar-refractivity contribution in [1.29, 1.82) is 0 Å². The van der Waals surface area contributed by atoms with Gasteiger partial charge in [-0.3, -0.25) is 9.48 Å². The number of likely N-dealkylation sites (tertiary alicyclic amines) is 1. The van der Waals surface area contributed by atoms with Crippen molar-refractivity contribution in [3.63, 3.8) is 0 Å². The molecule has 1 aromatic heterocycles. The largest absolute Gasteiger partial charge is 0.337 e. The SMILES string of the molecule is Cc1cc(C)n(CC(=O)N2CCCCC2C(C)N)n1.Cl.Cl. The fourth-order valence-electron chi connectivity index (χ4n) is 2.87. The normalized spacial score (nSPS) is 19.4. The molecule has 2 N–H and O–H groups in total. The fraction of sp³-hybridized carbons (Fsp3) is 0.714. The summed E-state index contributed by atoms with van der Waals surface area (Å²) in [4.78, 5) is 14.4. The molecule has 5 nitrogen and oxygen atoms in total. The molecule has 1 fully saturated rings. The summed E-state index contributed by atoms with van der Waals surface area (Å²) in [5.74, 6) is 0.133. The summed E-state index contributed by atoms with van der Waals surface area (Å²) < 4.78 is 1.78. The zero-order chi connectivity index (χ0) is 14.0. The Kier molecular flexibility index (Phi) is 8.29. The van der Waals surface area contributed by atoms with Crippen LogP contribution in [0.15, 0.2) is 6.07 Å². The van der Waals surface area contributed by atoms with Crippen LogP contribution in [0.5, 0.6) is 0 Å². The maximum absolute atomic E-state index is 12.5. The van der Waals surface area contributed by atoms with Crippen LogP contribution >= 0.6 is 24.8 Å². The Morgan fingerprint density at radius 2 is 2.10 bits per heavy atom. The summed E-state index contributed by atoms with van der Waals surface area (Å²) in [5, 5.41) is 4.35. The van der Waals surface area contributed by atoms with E-state index in [-0.39, 0.29) is 42.8 Å². The highest BCUT2D eigenvalue weighted by molar-refractivity contribution is 5.85. The van der Waals surface area contributed by atoms with Crippen LogP contribution in [0.1, 0.15) is 37.6 Å². The lowest BCUT2D eigenvalue weighted by Crippen LogP contribution is -2.52. The molecule has 2 heterocycles. The first-order valence-electron chi connectivity index (χ1n) is 7.05. The number of halogens is 2. The van der Waals surface area contributed by atoms with E-state index in [1.807, 2.05) is 31.7 Å². The summed E-state index contributed by atoms with van der Waals surface area (Å²) in [6, 6.07) is 2.20. The zero-order valence-electron chi connectivity index (χ0n) is 12.9. The lowest BCUT2D eigenvalue weighted by Gasteiger charge is -2.38. The molecular weight excluding hydrogens is 311 g/mol. The van der Waals surface area contributed by atoms with E-state index in [1.54, 1.807) is 4.68 Å². The van der Waals surface area contributed by atoms with Gasteiger partial charge in [0.15, 0.2) is 0 Å². The topological polar surface area (TPSA) is 64.2 Å². The van der Waals surface area contributed by atoms with Gasteiger partial charge >= 0.3 is 0 Å². The van der Waals surface area contributed by atoms with Gasteiger partial charge in [0.25, 0.3) is 0 Å². The minimum absolute atomic E-state index is 0. The second kappa shape index (κ2) is 8.61. The van der Waals surface area contributed by atoms with Crippen molar-refractivity contribution in [3.8, 4) is 0 Å². The molecule has 0 radical (unpaired) electrons. The molecule has 1 amide bonds. The van der Waals surface area contributed by atoms with Crippen molar-refractivity contribution >= 4 is 30.7 Å². The number of nitrogens with two attached hydrogens (primary N) is 1. The predicted molar refractivity (Wildman–Crippen MR) is 89.2 cm³/mol. The van der Waals surface area contributed by atoms with Crippen LogP contribution in [0.3, 0.4) is 0 Å². The Bertz CT molecular complexity index is 462. The molecule has 1 aliphatic rings. The van der Waals surface area contributed by atoms with Gasteiger partial charge in [-0.1, -0.05) is 0 Å². The second-order valence-corrected chi connectivity index (χ2v) is 5.59. The smallest absolute Gasteiger partial charge is 0.244 e. The van der Waals surface area contributed by atoms with Crippen molar-refractivity contribution in [3.05, 3.63) is 17.5 Å². The van der Waals surface area contributed by atoms with Crippen LogP contribution in [-0.2, 0) is 11.3 Å². The van der Waals surface area contributed by atoms with Gasteiger partial charge in [-0.15, -0.1) is 24.8 Å². The molecule has 0 spiro atoms. The number of carbonyl (C=O) groups excluding carboxylic acids is 1. The molecule has 0 saturated carbocycles. The van der Waals surface area contributed by atoms with E-state index < -0.39 is 0 Å². The molecule has 21 heavy (non-hydrogen) atoms. The predicted octanol–water partition coefficient (Wildman–Crippen LogP) is 2.07. The molecule has 1 aromatic rings. The summed E-state index contributed by atoms with van der Waals surface area (Å²) >= 11 is 0. The Hall–Kier alpha value is -0.780. The first-order valence-corrected chi connectivity index (χ1v) is 7.05. The molecule has 0 aliphatic carbocycles. The standard InChI is InChI=1S/C14H24N4O.2ClH/c1-10-8-11(2)18(16-10)9-14(19)17-7-5-4-6-13(17)12(3)15;;/h8,12-13H,4-7,9,15H2,1-3H3;2*1H. The minimum atomic E-state index is 0. The van der Waals surface area contributed by atoms with Gasteiger partial charge in [0.05, 0.1) is 5.69 Å². The zero-order valence-corrected chi connectivity index (χ0v) is 14.5. The third-order valence-electron chi connectivity index (χ3n) is 3.86. The summed E-state index contributed by atoms with van der Waals surface area (Å²) in [5.41, 5.74) is 7.99. The van der Waals surface area contributed by atoms with Crippen molar-refractivity contribution < 1.29 is 4.79 Å². The first kappa shape index (κ1) is 20.2. The molecule has 7 heteroatoms. The minimum Gasteiger partial charge on any atom is -0.337 e. The highest BCUT2D eigenvalue weighted by atomic mass is 35.5. The molecule has 2 rings (SSSR count). The van der Waals surface area contributed by atoms with Crippen molar-refractivity contribution in [2.45, 2.75) is 58.7 Å². The van der Waals surface area contributed by atoms with Crippen LogP contribution in [0.2, 0.25) is 0 Å². The van der Waals surface area contributed by atoms with Crippen LogP contribution in [-0.4, -0.2) is 39.2 Å². The Morgan fingerprint density at radius 3 is 2.62 bits per heavy atom. The van der Waals surface area contributed by atoms with E-state index in [1.165, 1.54) is 0 Å². The Labute approximate surface area is 139 Å². The van der Waals surface area contributed by atoms with Gasteiger partial charge in [0.2, 0.25) is 5.91 Å². The van der Waals surface area contributed by atoms with Gasteiger partial charge in [-0.25, -0.2) is 0 Å². The molecular formula is C14H26Cl2N4O. The third kappa shape index (κ3) is 4.87. The number of piperidine rings is 1. The monoisotopic (exact) mass is 336 g/mol. The van der Waals surface area contributed by atoms with Crippen LogP contribution in [0, 0.1) is 13.8 Å². The average Bonchev–Trinajstić information content (AvgIpc) is 2.67. The first-order chi connectivity index (χ1) is 8.99. The quantitative estimate of drug-likeness (QED) is 0.918. The van der Waals surface area contributed by atoms with E-state index in [2.05, 4.69) is 5.10 Å². The number of nitrogens with zero attached hydrogens (tertiary/aromatic N) is 3. The maximum Gasteiger partial charge on any atom is 0.244 e. The third-order valence-corrected chi connectivity index (χ3v) is 3.86.